The second-order valence-corrected chi connectivity index (χ2v) is 19.3. The topological polar surface area (TPSA) is 8.17 Å². The van der Waals surface area contributed by atoms with Gasteiger partial charge in [-0.1, -0.05) is 189 Å². The summed E-state index contributed by atoms with van der Waals surface area (Å²) in [7, 11) is 0. The molecule has 0 fully saturated rings. The molecular weight excluding hydrogens is 821 g/mol. The first-order valence-electron chi connectivity index (χ1n) is 23.8. The zero-order chi connectivity index (χ0) is 45.3. The van der Waals surface area contributed by atoms with Gasteiger partial charge in [0.15, 0.2) is 0 Å². The van der Waals surface area contributed by atoms with E-state index in [0.29, 0.717) is 0 Å². The summed E-state index contributed by atoms with van der Waals surface area (Å²) in [5, 5.41) is 15.2. The van der Waals surface area contributed by atoms with Crippen LogP contribution in [-0.2, 0) is 5.41 Å². The average Bonchev–Trinajstić information content (AvgIpc) is 3.70. The van der Waals surface area contributed by atoms with Crippen LogP contribution in [0.5, 0.6) is 0 Å². The van der Waals surface area contributed by atoms with Crippen LogP contribution in [0, 0.1) is 6.92 Å². The zero-order valence-electron chi connectivity index (χ0n) is 38.3. The molecule has 0 unspecified atom stereocenters. The number of fused-ring (bicyclic) bond motifs is 13. The monoisotopic (exact) mass is 866 g/mol. The van der Waals surface area contributed by atoms with Gasteiger partial charge in [0.25, 0.3) is 0 Å². The third kappa shape index (κ3) is 5.52. The molecule has 320 valence electrons. The van der Waals surface area contributed by atoms with E-state index in [1.165, 1.54) is 126 Å². The number of aromatic nitrogens is 1. The van der Waals surface area contributed by atoms with Crippen LogP contribution in [0.15, 0.2) is 224 Å². The van der Waals surface area contributed by atoms with E-state index in [-0.39, 0.29) is 5.41 Å². The van der Waals surface area contributed by atoms with Crippen LogP contribution in [0.1, 0.15) is 30.5 Å². The number of rotatable bonds is 4. The van der Waals surface area contributed by atoms with Crippen LogP contribution in [0.4, 0.5) is 17.1 Å². The molecule has 1 aliphatic rings. The molecule has 0 N–H and O–H groups in total. The third-order valence-corrected chi connectivity index (χ3v) is 15.1. The van der Waals surface area contributed by atoms with Gasteiger partial charge in [0.2, 0.25) is 0 Å². The predicted molar refractivity (Wildman–Crippen MR) is 291 cm³/mol. The Morgan fingerprint density at radius 3 is 1.50 bits per heavy atom. The molecule has 14 rings (SSSR count). The lowest BCUT2D eigenvalue weighted by Gasteiger charge is -2.42. The van der Waals surface area contributed by atoms with Crippen LogP contribution in [0.25, 0.3) is 104 Å². The zero-order valence-corrected chi connectivity index (χ0v) is 38.3. The molecule has 0 atom stereocenters. The summed E-state index contributed by atoms with van der Waals surface area (Å²) in [4.78, 5) is 2.55. The number of nitrogens with zero attached hydrogens (tertiary/aromatic N) is 2. The molecule has 13 aromatic rings. The van der Waals surface area contributed by atoms with Gasteiger partial charge < -0.3 is 9.47 Å². The summed E-state index contributed by atoms with van der Waals surface area (Å²) in [6.45, 7) is 7.02. The van der Waals surface area contributed by atoms with E-state index in [4.69, 9.17) is 0 Å². The van der Waals surface area contributed by atoms with Gasteiger partial charge in [0, 0.05) is 27.6 Å². The predicted octanol–water partition coefficient (Wildman–Crippen LogP) is 18.3. The smallest absolute Gasteiger partial charge is 0.0562 e. The van der Waals surface area contributed by atoms with Gasteiger partial charge in [-0.05, 0) is 149 Å². The number of para-hydroxylation sites is 2. The van der Waals surface area contributed by atoms with Crippen LogP contribution < -0.4 is 4.90 Å². The van der Waals surface area contributed by atoms with E-state index in [1.54, 1.807) is 0 Å². The van der Waals surface area contributed by atoms with Gasteiger partial charge in [-0.15, -0.1) is 0 Å². The molecule has 1 aliphatic heterocycles. The Labute approximate surface area is 395 Å². The Bertz CT molecular complexity index is 4220. The quantitative estimate of drug-likeness (QED) is 0.126. The largest absolute Gasteiger partial charge is 0.310 e. The van der Waals surface area contributed by atoms with Crippen molar-refractivity contribution in [3.8, 4) is 27.9 Å². The maximum atomic E-state index is 2.55. The Morgan fingerprint density at radius 1 is 0.309 bits per heavy atom. The summed E-state index contributed by atoms with van der Waals surface area (Å²) < 4.78 is 2.51. The van der Waals surface area contributed by atoms with Gasteiger partial charge in [-0.25, -0.2) is 0 Å². The van der Waals surface area contributed by atoms with Crippen molar-refractivity contribution in [2.75, 3.05) is 4.90 Å². The molecule has 0 bridgehead atoms. The van der Waals surface area contributed by atoms with Crippen LogP contribution in [0.3, 0.4) is 0 Å². The van der Waals surface area contributed by atoms with Crippen molar-refractivity contribution in [3.63, 3.8) is 0 Å². The van der Waals surface area contributed by atoms with Crippen molar-refractivity contribution in [3.05, 3.63) is 241 Å². The lowest BCUT2D eigenvalue weighted by atomic mass is 9.73. The van der Waals surface area contributed by atoms with Gasteiger partial charge in [0.05, 0.1) is 22.4 Å². The molecular formula is C66H46N2. The fourth-order valence-electron chi connectivity index (χ4n) is 12.0. The van der Waals surface area contributed by atoms with Crippen molar-refractivity contribution >= 4 is 92.7 Å². The summed E-state index contributed by atoms with van der Waals surface area (Å²) >= 11 is 0. The second kappa shape index (κ2) is 14.5. The Hall–Kier alpha value is -8.46. The van der Waals surface area contributed by atoms with Gasteiger partial charge in [-0.3, -0.25) is 0 Å². The van der Waals surface area contributed by atoms with E-state index in [1.807, 2.05) is 0 Å². The van der Waals surface area contributed by atoms with Crippen molar-refractivity contribution in [2.24, 2.45) is 0 Å². The maximum Gasteiger partial charge on any atom is 0.0562 e. The fraction of sp³-hybridized carbons (Fsp3) is 0.0606. The van der Waals surface area contributed by atoms with Gasteiger partial charge >= 0.3 is 0 Å². The molecule has 0 aliphatic carbocycles. The summed E-state index contributed by atoms with van der Waals surface area (Å²) in [6.07, 6.45) is 0. The SMILES string of the molecule is Cc1ccc2c(c1)c1ccccc1c1cc3c4cc5c(cc4n(-c4ccccc4)c3cc21)N(c1ccc2c(-c3ccccc3)c3ccccc3c(-c3ccccc3)c2c1)c1ccccc1C5(C)C. The van der Waals surface area contributed by atoms with Crippen LogP contribution in [0.2, 0.25) is 0 Å². The minimum absolute atomic E-state index is 0.294. The lowest BCUT2D eigenvalue weighted by molar-refractivity contribution is 0.633. The molecule has 0 spiro atoms. The van der Waals surface area contributed by atoms with Gasteiger partial charge in [0.1, 0.15) is 0 Å². The highest BCUT2D eigenvalue weighted by atomic mass is 15.2. The van der Waals surface area contributed by atoms with Crippen LogP contribution in [-0.4, -0.2) is 4.57 Å². The second-order valence-electron chi connectivity index (χ2n) is 19.3. The molecule has 12 aromatic carbocycles. The van der Waals surface area contributed by atoms with E-state index < -0.39 is 0 Å². The minimum Gasteiger partial charge on any atom is -0.310 e. The van der Waals surface area contributed by atoms with Crippen molar-refractivity contribution < 1.29 is 0 Å². The number of aryl methyl sites for hydroxylation is 1. The van der Waals surface area contributed by atoms with Crippen molar-refractivity contribution in [2.45, 2.75) is 26.2 Å². The van der Waals surface area contributed by atoms with E-state index in [0.717, 1.165) is 11.4 Å². The molecule has 2 heteroatoms. The highest BCUT2D eigenvalue weighted by Crippen LogP contribution is 2.55. The molecule has 68 heavy (non-hydrogen) atoms. The van der Waals surface area contributed by atoms with E-state index in [9.17, 15) is 0 Å². The first-order valence-corrected chi connectivity index (χ1v) is 23.8. The Morgan fingerprint density at radius 2 is 0.809 bits per heavy atom. The maximum absolute atomic E-state index is 2.55. The lowest BCUT2D eigenvalue weighted by Crippen LogP contribution is -2.30. The standard InChI is InChI=1S/C66H46N2/c1-41-31-33-48-52(35-41)46-25-13-14-26-47(46)53-37-55-56-38-59-63(40-62(56)67(61(55)39-54(48)53)44-23-11-6-12-24-44)68(60-30-18-17-29-58(60)66(59,2)3)45-32-34-51-57(36-45)65(43-21-9-5-10-22-43)50-28-16-15-27-49(50)64(51)42-19-7-4-8-20-42/h4-40H,1-3H3. The Kier molecular flexibility index (Phi) is 8.28. The molecule has 0 saturated carbocycles. The highest BCUT2D eigenvalue weighted by Gasteiger charge is 2.38. The number of benzene rings is 12. The molecule has 2 heterocycles. The minimum atomic E-state index is -0.294. The molecule has 1 aromatic heterocycles. The van der Waals surface area contributed by atoms with Crippen molar-refractivity contribution in [1.82, 2.24) is 4.57 Å². The normalized spacial score (nSPS) is 13.3. The summed E-state index contributed by atoms with van der Waals surface area (Å²) in [5.74, 6) is 0. The molecule has 0 radical (unpaired) electrons. The van der Waals surface area contributed by atoms with Crippen LogP contribution >= 0.6 is 0 Å². The van der Waals surface area contributed by atoms with E-state index in [2.05, 4.69) is 255 Å². The van der Waals surface area contributed by atoms with Crippen molar-refractivity contribution in [1.29, 1.82) is 0 Å². The summed E-state index contributed by atoms with van der Waals surface area (Å²) in [6, 6.07) is 84.0. The summed E-state index contributed by atoms with van der Waals surface area (Å²) in [5.41, 5.74) is 15.6. The molecule has 0 saturated heterocycles. The average molecular weight is 867 g/mol. The number of anilines is 3. The third-order valence-electron chi connectivity index (χ3n) is 15.1. The highest BCUT2D eigenvalue weighted by molar-refractivity contribution is 6.29. The molecule has 0 amide bonds. The van der Waals surface area contributed by atoms with Gasteiger partial charge in [-0.2, -0.15) is 0 Å². The molecule has 2 nitrogen and oxygen atoms in total. The Balaban J connectivity index is 1.11. The first-order chi connectivity index (χ1) is 33.4. The number of hydrogen-bond donors (Lipinski definition) is 0. The van der Waals surface area contributed by atoms with E-state index >= 15 is 0 Å². The first kappa shape index (κ1) is 38.8. The number of hydrogen-bond acceptors (Lipinski definition) is 1. The fourth-order valence-corrected chi connectivity index (χ4v) is 12.0.